The van der Waals surface area contributed by atoms with Gasteiger partial charge in [0.25, 0.3) is 0 Å². The maximum absolute atomic E-state index is 12.9. The minimum atomic E-state index is -0.153. The second-order valence-corrected chi connectivity index (χ2v) is 12.4. The van der Waals surface area contributed by atoms with Crippen LogP contribution in [0.15, 0.2) is 44.4 Å². The molecule has 4 nitrogen and oxygen atoms in total. The van der Waals surface area contributed by atoms with Crippen molar-refractivity contribution in [2.75, 3.05) is 6.54 Å². The Morgan fingerprint density at radius 1 is 1.13 bits per heavy atom. The van der Waals surface area contributed by atoms with Crippen molar-refractivity contribution in [3.63, 3.8) is 0 Å². The molecule has 1 aliphatic rings. The van der Waals surface area contributed by atoms with Gasteiger partial charge in [0, 0.05) is 23.7 Å². The van der Waals surface area contributed by atoms with E-state index >= 15 is 0 Å². The molecule has 1 aromatic carbocycles. The van der Waals surface area contributed by atoms with Crippen LogP contribution < -0.4 is 0 Å². The molecule has 158 valence electrons. The van der Waals surface area contributed by atoms with Crippen molar-refractivity contribution in [2.45, 2.75) is 59.3 Å². The highest BCUT2D eigenvalue weighted by Crippen LogP contribution is 2.34. The van der Waals surface area contributed by atoms with Crippen molar-refractivity contribution in [3.8, 4) is 0 Å². The molecule has 0 spiro atoms. The minimum Gasteiger partial charge on any atom is -0.337 e. The van der Waals surface area contributed by atoms with Gasteiger partial charge < -0.3 is 4.90 Å². The number of hydrogen-bond donors (Lipinski definition) is 0. The summed E-state index contributed by atoms with van der Waals surface area (Å²) in [5.41, 5.74) is 3.95. The summed E-state index contributed by atoms with van der Waals surface area (Å²) in [7, 11) is 0. The number of rotatable bonds is 7. The maximum Gasteiger partial charge on any atom is 0.236 e. The van der Waals surface area contributed by atoms with Crippen molar-refractivity contribution in [2.24, 2.45) is 0 Å². The number of carbonyl (C=O) groups is 1. The topological polar surface area (TPSA) is 46.1 Å². The van der Waals surface area contributed by atoms with Gasteiger partial charge >= 0.3 is 0 Å². The minimum absolute atomic E-state index is 0.153. The van der Waals surface area contributed by atoms with Crippen LogP contribution in [0.1, 0.15) is 48.3 Å². The number of nitrogens with zero attached hydrogens (tertiary/aromatic N) is 3. The first-order valence-corrected chi connectivity index (χ1v) is 13.6. The molecule has 0 saturated carbocycles. The molecule has 3 heterocycles. The summed E-state index contributed by atoms with van der Waals surface area (Å²) in [6, 6.07) is 10.9. The Balaban J connectivity index is 1.29. The quantitative estimate of drug-likeness (QED) is 0.388. The molecule has 30 heavy (non-hydrogen) atoms. The molecule has 0 bridgehead atoms. The lowest BCUT2D eigenvalue weighted by molar-refractivity contribution is -0.131. The molecule has 3 aromatic rings. The van der Waals surface area contributed by atoms with Crippen LogP contribution >= 0.6 is 46.2 Å². The van der Waals surface area contributed by atoms with Gasteiger partial charge in [0.2, 0.25) is 5.91 Å². The zero-order valence-electron chi connectivity index (χ0n) is 17.3. The highest BCUT2D eigenvalue weighted by Gasteiger charge is 2.26. The first-order chi connectivity index (χ1) is 14.5. The van der Waals surface area contributed by atoms with Crippen molar-refractivity contribution in [3.05, 3.63) is 57.3 Å². The molecule has 0 radical (unpaired) electrons. The monoisotopic (exact) mass is 475 g/mol. The van der Waals surface area contributed by atoms with E-state index in [0.717, 1.165) is 33.9 Å². The summed E-state index contributed by atoms with van der Waals surface area (Å²) in [5, 5.41) is 10.6. The number of carbonyl (C=O) groups excluding carboxylic acids is 1. The van der Waals surface area contributed by atoms with Crippen LogP contribution in [0.4, 0.5) is 0 Å². The molecule has 1 amide bonds. The summed E-state index contributed by atoms with van der Waals surface area (Å²) in [6.07, 6.45) is 0.966. The first-order valence-electron chi connectivity index (χ1n) is 10.1. The lowest BCUT2D eigenvalue weighted by atomic mass is 10.0. The molecule has 0 fully saturated rings. The molecule has 0 saturated heterocycles. The zero-order valence-corrected chi connectivity index (χ0v) is 20.6. The van der Waals surface area contributed by atoms with E-state index in [4.69, 9.17) is 0 Å². The predicted molar refractivity (Wildman–Crippen MR) is 129 cm³/mol. The van der Waals surface area contributed by atoms with Gasteiger partial charge in [-0.1, -0.05) is 73.0 Å². The van der Waals surface area contributed by atoms with E-state index in [1.807, 2.05) is 11.8 Å². The number of amides is 1. The number of benzene rings is 1. The normalized spacial score (nSPS) is 14.7. The number of hydrogen-bond acceptors (Lipinski definition) is 7. The Kier molecular flexibility index (Phi) is 7.18. The summed E-state index contributed by atoms with van der Waals surface area (Å²) in [4.78, 5) is 16.3. The van der Waals surface area contributed by atoms with Crippen molar-refractivity contribution < 1.29 is 4.79 Å². The van der Waals surface area contributed by atoms with E-state index in [1.54, 1.807) is 34.4 Å². The molecule has 2 aromatic heterocycles. The Morgan fingerprint density at radius 2 is 1.90 bits per heavy atom. The summed E-state index contributed by atoms with van der Waals surface area (Å²) >= 11 is 6.59. The Labute approximate surface area is 194 Å². The number of thiophene rings is 1. The first kappa shape index (κ1) is 21.9. The number of thioether (sulfide) groups is 2. The highest BCUT2D eigenvalue weighted by molar-refractivity contribution is 8.03. The summed E-state index contributed by atoms with van der Waals surface area (Å²) in [5.74, 6) is 1.62. The van der Waals surface area contributed by atoms with Gasteiger partial charge in [0.15, 0.2) is 8.68 Å². The lowest BCUT2D eigenvalue weighted by Crippen LogP contribution is -2.39. The highest BCUT2D eigenvalue weighted by atomic mass is 32.2. The second kappa shape index (κ2) is 9.85. The van der Waals surface area contributed by atoms with E-state index < -0.39 is 0 Å². The molecule has 4 rings (SSSR count). The molecular weight excluding hydrogens is 451 g/mol. The van der Waals surface area contributed by atoms with E-state index in [0.29, 0.717) is 5.92 Å². The van der Waals surface area contributed by atoms with E-state index in [-0.39, 0.29) is 11.2 Å². The van der Waals surface area contributed by atoms with Gasteiger partial charge in [-0.3, -0.25) is 4.79 Å². The smallest absolute Gasteiger partial charge is 0.236 e. The third-order valence-electron chi connectivity index (χ3n) is 5.14. The molecule has 1 atom stereocenters. The molecular formula is C22H25N3OS4. The van der Waals surface area contributed by atoms with Crippen LogP contribution in [-0.2, 0) is 23.5 Å². The average Bonchev–Trinajstić information content (AvgIpc) is 3.40. The van der Waals surface area contributed by atoms with Crippen molar-refractivity contribution >= 4 is 52.1 Å². The fourth-order valence-corrected chi connectivity index (χ4v) is 7.44. The third kappa shape index (κ3) is 5.28. The predicted octanol–water partition coefficient (Wildman–Crippen LogP) is 6.08. The molecule has 0 aliphatic carbocycles. The fourth-order valence-electron chi connectivity index (χ4n) is 3.34. The molecule has 1 unspecified atom stereocenters. The molecule has 8 heteroatoms. The van der Waals surface area contributed by atoms with E-state index in [2.05, 4.69) is 59.8 Å². The Hall–Kier alpha value is -1.35. The summed E-state index contributed by atoms with van der Waals surface area (Å²) < 4.78 is 1.81. The van der Waals surface area contributed by atoms with Crippen LogP contribution in [0.3, 0.4) is 0 Å². The number of fused-ring (bicyclic) bond motifs is 1. The van der Waals surface area contributed by atoms with Crippen LogP contribution in [0.25, 0.3) is 0 Å². The Bertz CT molecular complexity index is 996. The van der Waals surface area contributed by atoms with Crippen molar-refractivity contribution in [1.82, 2.24) is 15.1 Å². The van der Waals surface area contributed by atoms with Gasteiger partial charge in [-0.2, -0.15) is 0 Å². The van der Waals surface area contributed by atoms with Crippen LogP contribution in [0.2, 0.25) is 0 Å². The lowest BCUT2D eigenvalue weighted by Gasteiger charge is -2.28. The van der Waals surface area contributed by atoms with Crippen molar-refractivity contribution in [1.29, 1.82) is 0 Å². The average molecular weight is 476 g/mol. The van der Waals surface area contributed by atoms with Gasteiger partial charge in [-0.05, 0) is 47.4 Å². The van der Waals surface area contributed by atoms with E-state index in [1.165, 1.54) is 33.3 Å². The van der Waals surface area contributed by atoms with Gasteiger partial charge in [-0.25, -0.2) is 0 Å². The maximum atomic E-state index is 12.9. The zero-order chi connectivity index (χ0) is 21.1. The number of aromatic nitrogens is 2. The standard InChI is InChI=1S/C22H25N3OS4/c1-14(2)17-6-4-16(5-7-17)13-28-21-23-24-22(30-21)29-15(3)20(26)25-10-8-19-18(12-25)9-11-27-19/h4-7,9,11,14-15H,8,10,12-13H2,1-3H3. The van der Waals surface area contributed by atoms with Gasteiger partial charge in [0.1, 0.15) is 0 Å². The third-order valence-corrected chi connectivity index (χ3v) is 9.46. The van der Waals surface area contributed by atoms with Crippen LogP contribution in [0.5, 0.6) is 0 Å². The molecule has 1 aliphatic heterocycles. The Morgan fingerprint density at radius 3 is 2.67 bits per heavy atom. The van der Waals surface area contributed by atoms with Crippen LogP contribution in [-0.4, -0.2) is 32.8 Å². The van der Waals surface area contributed by atoms with Crippen LogP contribution in [0, 0.1) is 0 Å². The second-order valence-electron chi connectivity index (χ2n) is 7.66. The van der Waals surface area contributed by atoms with Gasteiger partial charge in [0.05, 0.1) is 5.25 Å². The SMILES string of the molecule is CC(Sc1nnc(SCc2ccc(C(C)C)cc2)s1)C(=O)N1CCc2sccc2C1. The van der Waals surface area contributed by atoms with Gasteiger partial charge in [-0.15, -0.1) is 21.5 Å². The van der Waals surface area contributed by atoms with E-state index in [9.17, 15) is 4.79 Å². The summed E-state index contributed by atoms with van der Waals surface area (Å²) in [6.45, 7) is 7.93. The fraction of sp³-hybridized carbons (Fsp3) is 0.409. The molecule has 0 N–H and O–H groups in total. The largest absolute Gasteiger partial charge is 0.337 e.